The molecule has 0 fully saturated rings. The van der Waals surface area contributed by atoms with E-state index in [0.717, 1.165) is 36.6 Å². The summed E-state index contributed by atoms with van der Waals surface area (Å²) in [6.45, 7) is 8.05. The van der Waals surface area contributed by atoms with Crippen molar-refractivity contribution in [2.24, 2.45) is 0 Å². The molecule has 2 heterocycles. The summed E-state index contributed by atoms with van der Waals surface area (Å²) < 4.78 is 0.824. The van der Waals surface area contributed by atoms with Crippen molar-refractivity contribution in [2.45, 2.75) is 33.2 Å². The maximum Gasteiger partial charge on any atom is 0.270 e. The molecule has 0 spiro atoms. The molecule has 0 aliphatic carbocycles. The van der Waals surface area contributed by atoms with E-state index in [0.29, 0.717) is 5.56 Å². The Hall–Kier alpha value is -2.42. The molecular formula is C21H18N2O3S3. The average Bonchev–Trinajstić information content (AvgIpc) is 3.06. The number of rotatable bonds is 2. The number of anilines is 1. The molecule has 2 aromatic carbocycles. The summed E-state index contributed by atoms with van der Waals surface area (Å²) in [4.78, 5) is 27.2. The summed E-state index contributed by atoms with van der Waals surface area (Å²) in [5.41, 5.74) is 4.52. The Labute approximate surface area is 180 Å². The van der Waals surface area contributed by atoms with E-state index in [1.54, 1.807) is 37.7 Å². The Balaban J connectivity index is 1.98. The van der Waals surface area contributed by atoms with Crippen molar-refractivity contribution in [1.29, 1.82) is 0 Å². The highest BCUT2D eigenvalue weighted by Crippen LogP contribution is 2.53. The maximum atomic E-state index is 13.7. The molecular weight excluding hydrogens is 424 g/mol. The first-order chi connectivity index (χ1) is 13.6. The molecule has 3 aromatic rings. The summed E-state index contributed by atoms with van der Waals surface area (Å²) in [6, 6.07) is 10.00. The van der Waals surface area contributed by atoms with Crippen LogP contribution in [0.1, 0.15) is 40.2 Å². The smallest absolute Gasteiger partial charge is 0.270 e. The fourth-order valence-electron chi connectivity index (χ4n) is 3.73. The molecule has 148 valence electrons. The van der Waals surface area contributed by atoms with Crippen LogP contribution >= 0.6 is 32.9 Å². The van der Waals surface area contributed by atoms with Crippen molar-refractivity contribution in [3.63, 3.8) is 0 Å². The van der Waals surface area contributed by atoms with Crippen LogP contribution in [-0.4, -0.2) is 10.8 Å². The number of aryl methyl sites for hydroxylation is 2. The molecule has 1 aliphatic rings. The quantitative estimate of drug-likeness (QED) is 0.193. The lowest BCUT2D eigenvalue weighted by Gasteiger charge is -2.43. The van der Waals surface area contributed by atoms with E-state index in [2.05, 4.69) is 6.07 Å². The SMILES string of the molecule is Cc1cc2c(cc1C)N(C(=O)c1cccc([N+](=O)[O-])c1)C(C)(C)c1ssc(=S)c1-2. The van der Waals surface area contributed by atoms with Gasteiger partial charge in [-0.15, -0.1) is 0 Å². The molecule has 1 aromatic heterocycles. The van der Waals surface area contributed by atoms with Gasteiger partial charge >= 0.3 is 0 Å². The number of nitro groups is 1. The summed E-state index contributed by atoms with van der Waals surface area (Å²) >= 11 is 5.62. The molecule has 5 nitrogen and oxygen atoms in total. The van der Waals surface area contributed by atoms with Crippen LogP contribution in [0.5, 0.6) is 0 Å². The number of hydrogen-bond donors (Lipinski definition) is 0. The highest BCUT2D eigenvalue weighted by atomic mass is 32.9. The first kappa shape index (κ1) is 19.9. The predicted molar refractivity (Wildman–Crippen MR) is 121 cm³/mol. The van der Waals surface area contributed by atoms with Gasteiger partial charge in [-0.3, -0.25) is 19.8 Å². The monoisotopic (exact) mass is 442 g/mol. The van der Waals surface area contributed by atoms with Crippen molar-refractivity contribution in [3.05, 3.63) is 71.9 Å². The van der Waals surface area contributed by atoms with Crippen LogP contribution in [0.4, 0.5) is 11.4 Å². The van der Waals surface area contributed by atoms with Crippen LogP contribution in [0.3, 0.4) is 0 Å². The number of carbonyl (C=O) groups is 1. The van der Waals surface area contributed by atoms with Crippen LogP contribution in [-0.2, 0) is 5.54 Å². The third kappa shape index (κ3) is 3.02. The van der Waals surface area contributed by atoms with Crippen LogP contribution in [0.2, 0.25) is 0 Å². The molecule has 0 N–H and O–H groups in total. The fourth-order valence-corrected chi connectivity index (χ4v) is 7.01. The number of hydrogen-bond acceptors (Lipinski definition) is 6. The number of non-ortho nitro benzene ring substituents is 1. The average molecular weight is 443 g/mol. The Morgan fingerprint density at radius 2 is 1.83 bits per heavy atom. The van der Waals surface area contributed by atoms with Crippen LogP contribution < -0.4 is 4.90 Å². The largest absolute Gasteiger partial charge is 0.297 e. The maximum absolute atomic E-state index is 13.7. The lowest BCUT2D eigenvalue weighted by Crippen LogP contribution is -2.47. The summed E-state index contributed by atoms with van der Waals surface area (Å²) in [5.74, 6) is -0.266. The van der Waals surface area contributed by atoms with Gasteiger partial charge in [-0.1, -0.05) is 39.0 Å². The lowest BCUT2D eigenvalue weighted by molar-refractivity contribution is -0.384. The van der Waals surface area contributed by atoms with E-state index >= 15 is 0 Å². The Bertz CT molecular complexity index is 1240. The minimum Gasteiger partial charge on any atom is -0.297 e. The van der Waals surface area contributed by atoms with Gasteiger partial charge in [0.2, 0.25) is 0 Å². The van der Waals surface area contributed by atoms with Crippen molar-refractivity contribution >= 4 is 50.2 Å². The van der Waals surface area contributed by atoms with Crippen molar-refractivity contribution < 1.29 is 9.72 Å². The van der Waals surface area contributed by atoms with E-state index in [-0.39, 0.29) is 11.6 Å². The van der Waals surface area contributed by atoms with Gasteiger partial charge in [0.15, 0.2) is 0 Å². The lowest BCUT2D eigenvalue weighted by atomic mass is 9.85. The molecule has 29 heavy (non-hydrogen) atoms. The van der Waals surface area contributed by atoms with Crippen molar-refractivity contribution in [3.8, 4) is 11.1 Å². The first-order valence-corrected chi connectivity index (χ1v) is 11.5. The number of fused-ring (bicyclic) bond motifs is 3. The molecule has 0 bridgehead atoms. The van der Waals surface area contributed by atoms with Crippen LogP contribution in [0.25, 0.3) is 11.1 Å². The molecule has 1 aliphatic heterocycles. The molecule has 1 amide bonds. The summed E-state index contributed by atoms with van der Waals surface area (Å²) in [6.07, 6.45) is 0. The fraction of sp³-hybridized carbons (Fsp3) is 0.238. The molecule has 0 atom stereocenters. The Morgan fingerprint density at radius 3 is 2.52 bits per heavy atom. The topological polar surface area (TPSA) is 63.5 Å². The van der Waals surface area contributed by atoms with E-state index in [1.165, 1.54) is 12.1 Å². The van der Waals surface area contributed by atoms with E-state index in [4.69, 9.17) is 12.2 Å². The zero-order chi connectivity index (χ0) is 21.1. The van der Waals surface area contributed by atoms with Gasteiger partial charge in [0.05, 0.1) is 21.0 Å². The zero-order valence-corrected chi connectivity index (χ0v) is 18.8. The van der Waals surface area contributed by atoms with Gasteiger partial charge in [0, 0.05) is 28.8 Å². The number of carbonyl (C=O) groups excluding carboxylic acids is 1. The second kappa shape index (κ2) is 6.83. The van der Waals surface area contributed by atoms with Gasteiger partial charge in [-0.25, -0.2) is 0 Å². The van der Waals surface area contributed by atoms with Crippen molar-refractivity contribution in [2.75, 3.05) is 4.90 Å². The van der Waals surface area contributed by atoms with Gasteiger partial charge < -0.3 is 0 Å². The molecule has 0 unspecified atom stereocenters. The highest BCUT2D eigenvalue weighted by Gasteiger charge is 2.43. The number of benzene rings is 2. The van der Waals surface area contributed by atoms with Gasteiger partial charge in [0.25, 0.3) is 11.6 Å². The van der Waals surface area contributed by atoms with Gasteiger partial charge in [-0.05, 0) is 57.0 Å². The van der Waals surface area contributed by atoms with Crippen LogP contribution in [0, 0.1) is 27.8 Å². The third-order valence-corrected chi connectivity index (χ3v) is 8.71. The number of nitro benzene ring substituents is 1. The zero-order valence-electron chi connectivity index (χ0n) is 16.3. The third-order valence-electron chi connectivity index (χ3n) is 5.38. The first-order valence-electron chi connectivity index (χ1n) is 8.97. The van der Waals surface area contributed by atoms with Crippen LogP contribution in [0.15, 0.2) is 36.4 Å². The van der Waals surface area contributed by atoms with E-state index in [9.17, 15) is 14.9 Å². The normalized spacial score (nSPS) is 14.3. The standard InChI is InChI=1S/C21H18N2O3S3/c1-11-8-15-16(9-12(11)2)22(21(3,4)18-17(15)20(27)29-28-18)19(24)13-6-5-7-14(10-13)23(25)26/h5-10H,1-4H3. The summed E-state index contributed by atoms with van der Waals surface area (Å²) in [7, 11) is 3.13. The Morgan fingerprint density at radius 1 is 1.14 bits per heavy atom. The second-order valence-electron chi connectivity index (χ2n) is 7.62. The number of amides is 1. The molecule has 0 saturated heterocycles. The minimum atomic E-state index is -0.635. The van der Waals surface area contributed by atoms with Crippen molar-refractivity contribution in [1.82, 2.24) is 0 Å². The Kier molecular flexibility index (Phi) is 4.68. The number of nitrogens with zero attached hydrogens (tertiary/aromatic N) is 2. The highest BCUT2D eigenvalue weighted by molar-refractivity contribution is 7.80. The second-order valence-corrected chi connectivity index (χ2v) is 10.4. The molecule has 4 rings (SSSR count). The van der Waals surface area contributed by atoms with E-state index in [1.807, 2.05) is 33.8 Å². The molecule has 0 radical (unpaired) electrons. The molecule has 0 saturated carbocycles. The molecule has 8 heteroatoms. The summed E-state index contributed by atoms with van der Waals surface area (Å²) in [5, 5.41) is 11.2. The van der Waals surface area contributed by atoms with Gasteiger partial charge in [-0.2, -0.15) is 0 Å². The minimum absolute atomic E-state index is 0.0992. The van der Waals surface area contributed by atoms with Gasteiger partial charge in [0.1, 0.15) is 3.82 Å². The van der Waals surface area contributed by atoms with E-state index < -0.39 is 10.5 Å². The predicted octanol–water partition coefficient (Wildman–Crippen LogP) is 6.63.